The second-order valence-electron chi connectivity index (χ2n) is 7.16. The predicted molar refractivity (Wildman–Crippen MR) is 111 cm³/mol. The molecule has 2 aliphatic heterocycles. The van der Waals surface area contributed by atoms with Crippen LogP contribution in [0.25, 0.3) is 0 Å². The van der Waals surface area contributed by atoms with Gasteiger partial charge in [-0.05, 0) is 41.7 Å². The molecule has 2 N–H and O–H groups in total. The van der Waals surface area contributed by atoms with Crippen LogP contribution in [0.15, 0.2) is 47.5 Å². The molecular formula is C22H28N4O2. The zero-order valence-corrected chi connectivity index (χ0v) is 16.4. The Morgan fingerprint density at radius 3 is 2.75 bits per heavy atom. The zero-order chi connectivity index (χ0) is 19.2. The molecule has 2 aliphatic rings. The first-order valence-electron chi connectivity index (χ1n) is 9.94. The lowest BCUT2D eigenvalue weighted by atomic mass is 10.00. The molecule has 0 atom stereocenters. The van der Waals surface area contributed by atoms with Crippen LogP contribution in [0, 0.1) is 0 Å². The summed E-state index contributed by atoms with van der Waals surface area (Å²) in [6.07, 6.45) is 2.04. The lowest BCUT2D eigenvalue weighted by Crippen LogP contribution is -2.43. The van der Waals surface area contributed by atoms with Gasteiger partial charge in [-0.2, -0.15) is 0 Å². The molecular weight excluding hydrogens is 352 g/mol. The molecule has 0 aromatic heterocycles. The minimum atomic E-state index is 0.316. The summed E-state index contributed by atoms with van der Waals surface area (Å²) in [4.78, 5) is 6.82. The SMILES string of the molecule is CN=C(NCCc1ccc2c(c1)OCO2)NCCN1CCc2ccccc2C1. The number of fused-ring (bicyclic) bond motifs is 2. The molecule has 2 aromatic carbocycles. The van der Waals surface area contributed by atoms with Gasteiger partial charge in [-0.25, -0.2) is 0 Å². The standard InChI is InChI=1S/C22H28N4O2/c1-23-22(24-10-8-17-6-7-20-21(14-17)28-16-27-20)25-11-13-26-12-9-18-4-2-3-5-19(18)15-26/h2-7,14H,8-13,15-16H2,1H3,(H2,23,24,25). The average Bonchev–Trinajstić information content (AvgIpc) is 3.20. The number of nitrogens with zero attached hydrogens (tertiary/aromatic N) is 2. The van der Waals surface area contributed by atoms with E-state index in [1.807, 2.05) is 19.2 Å². The van der Waals surface area contributed by atoms with Gasteiger partial charge < -0.3 is 20.1 Å². The van der Waals surface area contributed by atoms with Gasteiger partial charge in [0, 0.05) is 39.8 Å². The third-order valence-electron chi connectivity index (χ3n) is 5.30. The van der Waals surface area contributed by atoms with Crippen molar-refractivity contribution in [3.05, 3.63) is 59.2 Å². The Morgan fingerprint density at radius 1 is 1.04 bits per heavy atom. The Bertz CT molecular complexity index is 837. The Kier molecular flexibility index (Phi) is 5.97. The van der Waals surface area contributed by atoms with E-state index in [0.29, 0.717) is 6.79 Å². The Morgan fingerprint density at radius 2 is 1.86 bits per heavy atom. The average molecular weight is 380 g/mol. The van der Waals surface area contributed by atoms with E-state index in [1.54, 1.807) is 0 Å². The number of hydrogen-bond acceptors (Lipinski definition) is 4. The molecule has 0 radical (unpaired) electrons. The monoisotopic (exact) mass is 380 g/mol. The van der Waals surface area contributed by atoms with Crippen molar-refractivity contribution < 1.29 is 9.47 Å². The number of benzene rings is 2. The Hall–Kier alpha value is -2.73. The van der Waals surface area contributed by atoms with E-state index in [1.165, 1.54) is 16.7 Å². The zero-order valence-electron chi connectivity index (χ0n) is 16.4. The number of aliphatic imine (C=N–C) groups is 1. The van der Waals surface area contributed by atoms with E-state index in [2.05, 4.69) is 50.9 Å². The highest BCUT2D eigenvalue weighted by molar-refractivity contribution is 5.79. The van der Waals surface area contributed by atoms with Crippen LogP contribution in [-0.4, -0.2) is 50.9 Å². The molecule has 0 spiro atoms. The van der Waals surface area contributed by atoms with Crippen LogP contribution >= 0.6 is 0 Å². The van der Waals surface area contributed by atoms with Crippen LogP contribution in [0.3, 0.4) is 0 Å². The van der Waals surface area contributed by atoms with E-state index in [0.717, 1.165) is 63.0 Å². The molecule has 6 nitrogen and oxygen atoms in total. The van der Waals surface area contributed by atoms with Crippen LogP contribution in [0.2, 0.25) is 0 Å². The number of hydrogen-bond donors (Lipinski definition) is 2. The van der Waals surface area contributed by atoms with Gasteiger partial charge in [-0.1, -0.05) is 30.3 Å². The molecule has 0 fully saturated rings. The van der Waals surface area contributed by atoms with Gasteiger partial charge >= 0.3 is 0 Å². The highest BCUT2D eigenvalue weighted by Crippen LogP contribution is 2.32. The van der Waals surface area contributed by atoms with Crippen molar-refractivity contribution in [2.45, 2.75) is 19.4 Å². The molecule has 0 aliphatic carbocycles. The Balaban J connectivity index is 1.17. The lowest BCUT2D eigenvalue weighted by molar-refractivity contribution is 0.174. The molecule has 4 rings (SSSR count). The van der Waals surface area contributed by atoms with Gasteiger partial charge in [-0.15, -0.1) is 0 Å². The van der Waals surface area contributed by atoms with Crippen molar-refractivity contribution >= 4 is 5.96 Å². The summed E-state index contributed by atoms with van der Waals surface area (Å²) >= 11 is 0. The maximum absolute atomic E-state index is 5.44. The smallest absolute Gasteiger partial charge is 0.231 e. The van der Waals surface area contributed by atoms with Crippen molar-refractivity contribution in [1.82, 2.24) is 15.5 Å². The number of ether oxygens (including phenoxy) is 2. The van der Waals surface area contributed by atoms with Crippen molar-refractivity contribution in [3.8, 4) is 11.5 Å². The molecule has 0 saturated carbocycles. The third kappa shape index (κ3) is 4.57. The van der Waals surface area contributed by atoms with Crippen LogP contribution in [0.5, 0.6) is 11.5 Å². The maximum atomic E-state index is 5.44. The second-order valence-corrected chi connectivity index (χ2v) is 7.16. The molecule has 0 amide bonds. The van der Waals surface area contributed by atoms with E-state index in [4.69, 9.17) is 9.47 Å². The van der Waals surface area contributed by atoms with E-state index in [9.17, 15) is 0 Å². The van der Waals surface area contributed by atoms with Gasteiger partial charge in [0.1, 0.15) is 0 Å². The summed E-state index contributed by atoms with van der Waals surface area (Å²) in [7, 11) is 1.81. The van der Waals surface area contributed by atoms with Crippen LogP contribution < -0.4 is 20.1 Å². The first-order valence-corrected chi connectivity index (χ1v) is 9.94. The predicted octanol–water partition coefficient (Wildman–Crippen LogP) is 2.18. The number of rotatable bonds is 6. The van der Waals surface area contributed by atoms with Crippen LogP contribution in [-0.2, 0) is 19.4 Å². The minimum absolute atomic E-state index is 0.316. The second kappa shape index (κ2) is 8.97. The lowest BCUT2D eigenvalue weighted by Gasteiger charge is -2.28. The fraction of sp³-hybridized carbons (Fsp3) is 0.409. The highest BCUT2D eigenvalue weighted by atomic mass is 16.7. The van der Waals surface area contributed by atoms with Gasteiger partial charge in [-0.3, -0.25) is 9.89 Å². The quantitative estimate of drug-likeness (QED) is 0.594. The van der Waals surface area contributed by atoms with Crippen molar-refractivity contribution in [2.75, 3.05) is 40.0 Å². The summed E-state index contributed by atoms with van der Waals surface area (Å²) in [5.41, 5.74) is 4.17. The van der Waals surface area contributed by atoms with Crippen LogP contribution in [0.1, 0.15) is 16.7 Å². The molecule has 2 aromatic rings. The van der Waals surface area contributed by atoms with Gasteiger partial charge in [0.15, 0.2) is 17.5 Å². The fourth-order valence-electron chi connectivity index (χ4n) is 3.72. The molecule has 2 heterocycles. The third-order valence-corrected chi connectivity index (χ3v) is 5.30. The van der Waals surface area contributed by atoms with Crippen molar-refractivity contribution in [3.63, 3.8) is 0 Å². The van der Waals surface area contributed by atoms with Crippen molar-refractivity contribution in [2.24, 2.45) is 4.99 Å². The highest BCUT2D eigenvalue weighted by Gasteiger charge is 2.15. The molecule has 0 bridgehead atoms. The molecule has 0 unspecified atom stereocenters. The maximum Gasteiger partial charge on any atom is 0.231 e. The summed E-state index contributed by atoms with van der Waals surface area (Å²) < 4.78 is 10.8. The fourth-order valence-corrected chi connectivity index (χ4v) is 3.72. The summed E-state index contributed by atoms with van der Waals surface area (Å²) in [6.45, 7) is 5.18. The first kappa shape index (κ1) is 18.6. The summed E-state index contributed by atoms with van der Waals surface area (Å²) in [5.74, 6) is 2.51. The van der Waals surface area contributed by atoms with Gasteiger partial charge in [0.2, 0.25) is 6.79 Å². The van der Waals surface area contributed by atoms with E-state index in [-0.39, 0.29) is 0 Å². The van der Waals surface area contributed by atoms with Crippen LogP contribution in [0.4, 0.5) is 0 Å². The molecule has 28 heavy (non-hydrogen) atoms. The first-order chi connectivity index (χ1) is 13.8. The van der Waals surface area contributed by atoms with Gasteiger partial charge in [0.05, 0.1) is 0 Å². The molecule has 6 heteroatoms. The summed E-state index contributed by atoms with van der Waals surface area (Å²) in [5, 5.41) is 6.81. The minimum Gasteiger partial charge on any atom is -0.454 e. The summed E-state index contributed by atoms with van der Waals surface area (Å²) in [6, 6.07) is 14.9. The number of nitrogens with one attached hydrogen (secondary N) is 2. The van der Waals surface area contributed by atoms with E-state index < -0.39 is 0 Å². The normalized spacial score (nSPS) is 16.0. The van der Waals surface area contributed by atoms with Gasteiger partial charge in [0.25, 0.3) is 0 Å². The largest absolute Gasteiger partial charge is 0.454 e. The van der Waals surface area contributed by atoms with Crippen molar-refractivity contribution in [1.29, 1.82) is 0 Å². The Labute approximate surface area is 166 Å². The molecule has 148 valence electrons. The number of guanidine groups is 1. The molecule has 0 saturated heterocycles. The van der Waals surface area contributed by atoms with E-state index >= 15 is 0 Å². The topological polar surface area (TPSA) is 58.1 Å².